The summed E-state index contributed by atoms with van der Waals surface area (Å²) in [7, 11) is 0. The van der Waals surface area contributed by atoms with Crippen molar-refractivity contribution in [1.29, 1.82) is 0 Å². The molecule has 29 heavy (non-hydrogen) atoms. The minimum absolute atomic E-state index is 0.0104. The Balaban J connectivity index is 1.47. The number of anilines is 1. The molecule has 0 radical (unpaired) electrons. The second-order valence-corrected chi connectivity index (χ2v) is 6.71. The van der Waals surface area contributed by atoms with Gasteiger partial charge in [0.25, 0.3) is 5.91 Å². The molecule has 2 aromatic carbocycles. The zero-order chi connectivity index (χ0) is 20.2. The number of hydrogen-bond acceptors (Lipinski definition) is 7. The molecule has 0 saturated carbocycles. The van der Waals surface area contributed by atoms with E-state index < -0.39 is 17.6 Å². The van der Waals surface area contributed by atoms with Crippen LogP contribution in [0.25, 0.3) is 0 Å². The van der Waals surface area contributed by atoms with E-state index in [0.717, 1.165) is 22.0 Å². The van der Waals surface area contributed by atoms with Gasteiger partial charge in [-0.2, -0.15) is 0 Å². The van der Waals surface area contributed by atoms with Gasteiger partial charge in [-0.1, -0.05) is 22.7 Å². The van der Waals surface area contributed by atoms with Gasteiger partial charge in [0.15, 0.2) is 17.2 Å². The summed E-state index contributed by atoms with van der Waals surface area (Å²) in [5.41, 5.74) is 0.834. The number of nitrogens with one attached hydrogen (secondary N) is 1. The molecule has 3 aromatic rings. The zero-order valence-electron chi connectivity index (χ0n) is 15.0. The van der Waals surface area contributed by atoms with Crippen LogP contribution in [0, 0.1) is 5.82 Å². The largest absolute Gasteiger partial charge is 0.454 e. The van der Waals surface area contributed by atoms with Crippen LogP contribution in [0.4, 0.5) is 10.1 Å². The average molecular weight is 414 g/mol. The highest BCUT2D eigenvalue weighted by Gasteiger charge is 2.25. The minimum atomic E-state index is -0.618. The molecule has 0 saturated heterocycles. The number of halogens is 1. The number of rotatable bonds is 6. The number of ether oxygens (including phenoxy) is 2. The molecule has 0 atom stereocenters. The fourth-order valence-corrected chi connectivity index (χ4v) is 3.21. The van der Waals surface area contributed by atoms with Gasteiger partial charge in [0.05, 0.1) is 5.69 Å². The lowest BCUT2D eigenvalue weighted by molar-refractivity contribution is -0.119. The SMILES string of the molecule is O=C(CN(C(=O)c1csnn1)c1ccccc1F)NCc1ccc2c(c1)OCO2. The molecule has 148 valence electrons. The van der Waals surface area contributed by atoms with Crippen molar-refractivity contribution in [2.24, 2.45) is 0 Å². The maximum absolute atomic E-state index is 14.3. The van der Waals surface area contributed by atoms with E-state index in [0.29, 0.717) is 11.5 Å². The fourth-order valence-electron chi connectivity index (χ4n) is 2.78. The van der Waals surface area contributed by atoms with Crippen LogP contribution in [0.3, 0.4) is 0 Å². The maximum Gasteiger partial charge on any atom is 0.280 e. The third-order valence-corrected chi connectivity index (χ3v) is 4.70. The number of nitrogens with zero attached hydrogens (tertiary/aromatic N) is 3. The van der Waals surface area contributed by atoms with E-state index >= 15 is 0 Å². The number of carbonyl (C=O) groups excluding carboxylic acids is 2. The Labute approximate surface area is 169 Å². The van der Waals surface area contributed by atoms with Gasteiger partial charge in [-0.25, -0.2) is 4.39 Å². The van der Waals surface area contributed by atoms with Crippen molar-refractivity contribution in [3.8, 4) is 11.5 Å². The van der Waals surface area contributed by atoms with Crippen LogP contribution < -0.4 is 19.7 Å². The Morgan fingerprint density at radius 1 is 1.17 bits per heavy atom. The molecular weight excluding hydrogens is 399 g/mol. The Hall–Kier alpha value is -3.53. The van der Waals surface area contributed by atoms with E-state index in [4.69, 9.17) is 9.47 Å². The van der Waals surface area contributed by atoms with Crippen LogP contribution in [0.15, 0.2) is 47.8 Å². The number of carbonyl (C=O) groups is 2. The second-order valence-electron chi connectivity index (χ2n) is 6.10. The molecule has 2 heterocycles. The first-order valence-electron chi connectivity index (χ1n) is 8.60. The smallest absolute Gasteiger partial charge is 0.280 e. The predicted octanol–water partition coefficient (Wildman–Crippen LogP) is 2.37. The van der Waals surface area contributed by atoms with Crippen LogP contribution in [0.5, 0.6) is 11.5 Å². The van der Waals surface area contributed by atoms with E-state index in [1.54, 1.807) is 24.3 Å². The van der Waals surface area contributed by atoms with Gasteiger partial charge >= 0.3 is 0 Å². The summed E-state index contributed by atoms with van der Waals surface area (Å²) in [4.78, 5) is 26.3. The molecule has 1 aliphatic heterocycles. The highest BCUT2D eigenvalue weighted by Crippen LogP contribution is 2.32. The summed E-state index contributed by atoms with van der Waals surface area (Å²) in [5.74, 6) is -0.429. The number of amides is 2. The maximum atomic E-state index is 14.3. The first-order valence-corrected chi connectivity index (χ1v) is 9.44. The lowest BCUT2D eigenvalue weighted by Gasteiger charge is -2.21. The van der Waals surface area contributed by atoms with E-state index in [-0.39, 0.29) is 31.3 Å². The summed E-state index contributed by atoms with van der Waals surface area (Å²) in [6, 6.07) is 11.1. The molecule has 1 N–H and O–H groups in total. The highest BCUT2D eigenvalue weighted by molar-refractivity contribution is 7.03. The van der Waals surface area contributed by atoms with Crippen molar-refractivity contribution in [1.82, 2.24) is 14.9 Å². The van der Waals surface area contributed by atoms with E-state index in [9.17, 15) is 14.0 Å². The zero-order valence-corrected chi connectivity index (χ0v) is 15.8. The summed E-state index contributed by atoms with van der Waals surface area (Å²) in [5, 5.41) is 7.89. The molecule has 0 fully saturated rings. The van der Waals surface area contributed by atoms with Crippen LogP contribution in [0.2, 0.25) is 0 Å². The molecule has 0 unspecified atom stereocenters. The van der Waals surface area contributed by atoms with Gasteiger partial charge in [-0.15, -0.1) is 5.10 Å². The average Bonchev–Trinajstić information content (AvgIpc) is 3.42. The Morgan fingerprint density at radius 2 is 2.00 bits per heavy atom. The van der Waals surface area contributed by atoms with E-state index in [2.05, 4.69) is 14.9 Å². The molecule has 1 aromatic heterocycles. The number of para-hydroxylation sites is 1. The molecule has 8 nitrogen and oxygen atoms in total. The van der Waals surface area contributed by atoms with Gasteiger partial charge in [0.2, 0.25) is 12.7 Å². The molecule has 0 spiro atoms. The monoisotopic (exact) mass is 414 g/mol. The lowest BCUT2D eigenvalue weighted by Crippen LogP contribution is -2.41. The van der Waals surface area contributed by atoms with Crippen LogP contribution in [-0.2, 0) is 11.3 Å². The third kappa shape index (κ3) is 4.16. The van der Waals surface area contributed by atoms with Gasteiger partial charge in [-0.05, 0) is 41.4 Å². The van der Waals surface area contributed by atoms with E-state index in [1.165, 1.54) is 23.6 Å². The normalized spacial score (nSPS) is 11.9. The van der Waals surface area contributed by atoms with Gasteiger partial charge in [0, 0.05) is 11.9 Å². The second kappa shape index (κ2) is 8.23. The van der Waals surface area contributed by atoms with Crippen molar-refractivity contribution >= 4 is 29.0 Å². The van der Waals surface area contributed by atoms with Crippen LogP contribution >= 0.6 is 11.5 Å². The van der Waals surface area contributed by atoms with Crippen LogP contribution in [-0.4, -0.2) is 34.7 Å². The minimum Gasteiger partial charge on any atom is -0.454 e. The first-order chi connectivity index (χ1) is 14.1. The Morgan fingerprint density at radius 3 is 2.79 bits per heavy atom. The van der Waals surface area contributed by atoms with E-state index in [1.807, 2.05) is 0 Å². The van der Waals surface area contributed by atoms with Gasteiger partial charge in [-0.3, -0.25) is 14.5 Å². The third-order valence-electron chi connectivity index (χ3n) is 4.20. The lowest BCUT2D eigenvalue weighted by atomic mass is 10.2. The molecule has 2 amide bonds. The van der Waals surface area contributed by atoms with Crippen molar-refractivity contribution in [3.63, 3.8) is 0 Å². The molecule has 1 aliphatic rings. The van der Waals surface area contributed by atoms with Crippen molar-refractivity contribution < 1.29 is 23.5 Å². The summed E-state index contributed by atoms with van der Waals surface area (Å²) < 4.78 is 28.5. The Kier molecular flexibility index (Phi) is 5.34. The number of aromatic nitrogens is 2. The van der Waals surface area contributed by atoms with Crippen LogP contribution in [0.1, 0.15) is 16.1 Å². The molecule has 0 bridgehead atoms. The number of hydrogen-bond donors (Lipinski definition) is 1. The molecular formula is C19H15FN4O4S. The standard InChI is InChI=1S/C19H15FN4O4S/c20-13-3-1-2-4-15(13)24(19(26)14-10-29-23-22-14)9-18(25)21-8-12-5-6-16-17(7-12)28-11-27-16/h1-7,10H,8-9,11H2,(H,21,25). The summed E-state index contributed by atoms with van der Waals surface area (Å²) in [6.07, 6.45) is 0. The number of fused-ring (bicyclic) bond motifs is 1. The fraction of sp³-hybridized carbons (Fsp3) is 0.158. The van der Waals surface area contributed by atoms with Crippen molar-refractivity contribution in [2.45, 2.75) is 6.54 Å². The quantitative estimate of drug-likeness (QED) is 0.666. The first kappa shape index (κ1) is 18.8. The summed E-state index contributed by atoms with van der Waals surface area (Å²) >= 11 is 0.996. The highest BCUT2D eigenvalue weighted by atomic mass is 32.1. The number of benzene rings is 2. The summed E-state index contributed by atoms with van der Waals surface area (Å²) in [6.45, 7) is 0.00517. The topological polar surface area (TPSA) is 93.7 Å². The Bertz CT molecular complexity index is 1040. The van der Waals surface area contributed by atoms with Gasteiger partial charge in [0.1, 0.15) is 12.4 Å². The van der Waals surface area contributed by atoms with Crippen molar-refractivity contribution in [3.05, 3.63) is 64.9 Å². The van der Waals surface area contributed by atoms with Gasteiger partial charge < -0.3 is 14.8 Å². The molecule has 4 rings (SSSR count). The van der Waals surface area contributed by atoms with Crippen molar-refractivity contribution in [2.75, 3.05) is 18.2 Å². The molecule has 10 heteroatoms. The molecule has 0 aliphatic carbocycles. The predicted molar refractivity (Wildman–Crippen MR) is 102 cm³/mol.